The Morgan fingerprint density at radius 1 is 1.14 bits per heavy atom. The highest BCUT2D eigenvalue weighted by atomic mass is 32.2. The fourth-order valence-electron chi connectivity index (χ4n) is 4.15. The number of esters is 1. The van der Waals surface area contributed by atoms with E-state index in [9.17, 15) is 14.0 Å². The van der Waals surface area contributed by atoms with Crippen molar-refractivity contribution in [1.29, 1.82) is 0 Å². The van der Waals surface area contributed by atoms with Crippen LogP contribution in [0.1, 0.15) is 55.8 Å². The van der Waals surface area contributed by atoms with Crippen LogP contribution in [0.2, 0.25) is 0 Å². The molecule has 0 unspecified atom stereocenters. The van der Waals surface area contributed by atoms with Crippen LogP contribution in [0.3, 0.4) is 0 Å². The molecule has 0 saturated carbocycles. The van der Waals surface area contributed by atoms with Gasteiger partial charge in [-0.2, -0.15) is 0 Å². The summed E-state index contributed by atoms with van der Waals surface area (Å²) in [6.07, 6.45) is 0.112. The molecule has 2 aliphatic heterocycles. The molecule has 0 aliphatic carbocycles. The highest BCUT2D eigenvalue weighted by Crippen LogP contribution is 2.44. The van der Waals surface area contributed by atoms with Gasteiger partial charge < -0.3 is 15.0 Å². The quantitative estimate of drug-likeness (QED) is 0.523. The van der Waals surface area contributed by atoms with E-state index in [2.05, 4.69) is 36.3 Å². The van der Waals surface area contributed by atoms with Gasteiger partial charge in [0.15, 0.2) is 5.17 Å². The number of halogens is 1. The fourth-order valence-corrected chi connectivity index (χ4v) is 5.11. The van der Waals surface area contributed by atoms with Crippen molar-refractivity contribution < 1.29 is 18.7 Å². The Morgan fingerprint density at radius 3 is 2.46 bits per heavy atom. The Bertz CT molecular complexity index is 1220. The number of fused-ring (bicyclic) bond motifs is 1. The van der Waals surface area contributed by atoms with Crippen LogP contribution in [-0.2, 0) is 20.9 Å². The number of methoxy groups -OCH3 is 1. The summed E-state index contributed by atoms with van der Waals surface area (Å²) in [5, 5.41) is 5.51. The summed E-state index contributed by atoms with van der Waals surface area (Å²) in [5.74, 6) is -0.558. The van der Waals surface area contributed by atoms with Crippen molar-refractivity contribution >= 4 is 28.8 Å². The normalized spacial score (nSPS) is 17.2. The Morgan fingerprint density at radius 2 is 1.83 bits per heavy atom. The Hall–Kier alpha value is -3.39. The van der Waals surface area contributed by atoms with Gasteiger partial charge in [-0.3, -0.25) is 4.79 Å². The third-order valence-electron chi connectivity index (χ3n) is 6.07. The van der Waals surface area contributed by atoms with E-state index in [4.69, 9.17) is 4.74 Å². The third kappa shape index (κ3) is 5.32. The SMILES string of the molecule is COC(=O)C1=C(C)N=C2SC=C(CC(=O)NCc3ccc(F)cc3)N2[C@@H]1c1ccc(C(C)C)cc1. The fraction of sp³-hybridized carbons (Fsp3) is 0.296. The van der Waals surface area contributed by atoms with E-state index in [1.807, 2.05) is 22.4 Å². The number of aliphatic imine (C=N–C) groups is 1. The largest absolute Gasteiger partial charge is 0.466 e. The molecule has 1 atom stereocenters. The lowest BCUT2D eigenvalue weighted by molar-refractivity contribution is -0.136. The Kier molecular flexibility index (Phi) is 7.40. The molecule has 35 heavy (non-hydrogen) atoms. The average Bonchev–Trinajstić information content (AvgIpc) is 3.24. The zero-order valence-corrected chi connectivity index (χ0v) is 21.0. The minimum atomic E-state index is -0.456. The first-order chi connectivity index (χ1) is 16.8. The van der Waals surface area contributed by atoms with Crippen LogP contribution >= 0.6 is 11.8 Å². The van der Waals surface area contributed by atoms with Crippen molar-refractivity contribution in [1.82, 2.24) is 10.2 Å². The molecule has 1 N–H and O–H groups in total. The van der Waals surface area contributed by atoms with Crippen molar-refractivity contribution in [3.05, 3.63) is 93.4 Å². The van der Waals surface area contributed by atoms with E-state index in [-0.39, 0.29) is 18.1 Å². The molecule has 8 heteroatoms. The molecule has 6 nitrogen and oxygen atoms in total. The number of ether oxygens (including phenoxy) is 1. The molecule has 2 aliphatic rings. The molecule has 182 valence electrons. The van der Waals surface area contributed by atoms with Gasteiger partial charge in [-0.25, -0.2) is 14.2 Å². The molecule has 0 radical (unpaired) electrons. The maximum atomic E-state index is 13.1. The molecule has 0 spiro atoms. The smallest absolute Gasteiger partial charge is 0.338 e. The molecular formula is C27H28FN3O3S. The molecule has 0 fully saturated rings. The summed E-state index contributed by atoms with van der Waals surface area (Å²) in [6, 6.07) is 13.7. The van der Waals surface area contributed by atoms with Gasteiger partial charge in [0.2, 0.25) is 5.91 Å². The molecular weight excluding hydrogens is 465 g/mol. The van der Waals surface area contributed by atoms with Gasteiger partial charge in [-0.1, -0.05) is 62.0 Å². The summed E-state index contributed by atoms with van der Waals surface area (Å²) in [6.45, 7) is 6.37. The molecule has 0 saturated heterocycles. The number of nitrogens with zero attached hydrogens (tertiary/aromatic N) is 2. The molecule has 2 aromatic rings. The lowest BCUT2D eigenvalue weighted by Crippen LogP contribution is -2.37. The number of rotatable bonds is 7. The summed E-state index contributed by atoms with van der Waals surface area (Å²) < 4.78 is 18.3. The van der Waals surface area contributed by atoms with Gasteiger partial charge in [0, 0.05) is 12.2 Å². The van der Waals surface area contributed by atoms with E-state index in [1.54, 1.807) is 19.1 Å². The van der Waals surface area contributed by atoms with Crippen molar-refractivity contribution in [2.75, 3.05) is 7.11 Å². The molecule has 1 amide bonds. The molecule has 0 aromatic heterocycles. The second kappa shape index (κ2) is 10.5. The first-order valence-electron chi connectivity index (χ1n) is 11.4. The topological polar surface area (TPSA) is 71.0 Å². The zero-order valence-electron chi connectivity index (χ0n) is 20.2. The zero-order chi connectivity index (χ0) is 25.1. The van der Waals surface area contributed by atoms with Crippen LogP contribution in [0, 0.1) is 5.82 Å². The molecule has 4 rings (SSSR count). The van der Waals surface area contributed by atoms with Gasteiger partial charge in [-0.05, 0) is 47.1 Å². The second-order valence-electron chi connectivity index (χ2n) is 8.79. The maximum Gasteiger partial charge on any atom is 0.338 e. The monoisotopic (exact) mass is 493 g/mol. The van der Waals surface area contributed by atoms with Crippen molar-refractivity contribution in [3.8, 4) is 0 Å². The third-order valence-corrected chi connectivity index (χ3v) is 6.96. The van der Waals surface area contributed by atoms with Crippen LogP contribution < -0.4 is 5.32 Å². The van der Waals surface area contributed by atoms with E-state index in [0.717, 1.165) is 22.0 Å². The van der Waals surface area contributed by atoms with Crippen LogP contribution in [0.25, 0.3) is 0 Å². The van der Waals surface area contributed by atoms with E-state index >= 15 is 0 Å². The van der Waals surface area contributed by atoms with Crippen LogP contribution in [0.4, 0.5) is 4.39 Å². The van der Waals surface area contributed by atoms with Crippen molar-refractivity contribution in [3.63, 3.8) is 0 Å². The molecule has 2 heterocycles. The summed E-state index contributed by atoms with van der Waals surface area (Å²) >= 11 is 1.43. The van der Waals surface area contributed by atoms with E-state index in [1.165, 1.54) is 36.6 Å². The standard InChI is InChI=1S/C27H28FN3O3S/c1-16(2)19-7-9-20(10-8-19)25-24(26(33)34-4)17(3)30-27-31(25)22(15-35-27)13-23(32)29-14-18-5-11-21(28)12-6-18/h5-12,15-16,25H,13-14H2,1-4H3,(H,29,32)/t25-/m1/s1. The van der Waals surface area contributed by atoms with Crippen molar-refractivity contribution in [2.24, 2.45) is 4.99 Å². The number of nitrogens with one attached hydrogen (secondary N) is 1. The minimum absolute atomic E-state index is 0.112. The number of allylic oxidation sites excluding steroid dienone is 1. The number of hydrogen-bond acceptors (Lipinski definition) is 6. The first kappa shape index (κ1) is 24.7. The number of amidine groups is 1. The van der Waals surface area contributed by atoms with Gasteiger partial charge in [0.1, 0.15) is 5.82 Å². The highest BCUT2D eigenvalue weighted by molar-refractivity contribution is 8.16. The van der Waals surface area contributed by atoms with Crippen LogP contribution in [-0.4, -0.2) is 29.1 Å². The van der Waals surface area contributed by atoms with E-state index < -0.39 is 12.0 Å². The summed E-state index contributed by atoms with van der Waals surface area (Å²) in [5.41, 5.74) is 4.73. The van der Waals surface area contributed by atoms with Crippen LogP contribution in [0.15, 0.2) is 75.9 Å². The van der Waals surface area contributed by atoms with Gasteiger partial charge in [0.05, 0.1) is 30.8 Å². The Labute approximate surface area is 209 Å². The number of carbonyl (C=O) groups excluding carboxylic acids is 2. The lowest BCUT2D eigenvalue weighted by atomic mass is 9.92. The summed E-state index contributed by atoms with van der Waals surface area (Å²) in [7, 11) is 1.36. The van der Waals surface area contributed by atoms with Crippen LogP contribution in [0.5, 0.6) is 0 Å². The average molecular weight is 494 g/mol. The van der Waals surface area contributed by atoms with Gasteiger partial charge >= 0.3 is 5.97 Å². The predicted octanol–water partition coefficient (Wildman–Crippen LogP) is 5.40. The summed E-state index contributed by atoms with van der Waals surface area (Å²) in [4.78, 5) is 32.2. The minimum Gasteiger partial charge on any atom is -0.466 e. The predicted molar refractivity (Wildman–Crippen MR) is 136 cm³/mol. The number of benzene rings is 2. The second-order valence-corrected chi connectivity index (χ2v) is 9.62. The lowest BCUT2D eigenvalue weighted by Gasteiger charge is -2.36. The van der Waals surface area contributed by atoms with Gasteiger partial charge in [-0.15, -0.1) is 0 Å². The van der Waals surface area contributed by atoms with E-state index in [0.29, 0.717) is 23.7 Å². The highest BCUT2D eigenvalue weighted by Gasteiger charge is 2.40. The van der Waals surface area contributed by atoms with Crippen molar-refractivity contribution in [2.45, 2.75) is 45.7 Å². The number of carbonyl (C=O) groups is 2. The molecule has 0 bridgehead atoms. The molecule has 2 aromatic carbocycles. The Balaban J connectivity index is 1.59. The number of thioether (sulfide) groups is 1. The maximum absolute atomic E-state index is 13.1. The first-order valence-corrected chi connectivity index (χ1v) is 12.3. The number of hydrogen-bond donors (Lipinski definition) is 1. The number of amides is 1. The van der Waals surface area contributed by atoms with Gasteiger partial charge in [0.25, 0.3) is 0 Å².